The zero-order valence-corrected chi connectivity index (χ0v) is 9.40. The molecule has 0 amide bonds. The molecule has 0 bridgehead atoms. The Balaban J connectivity index is 2.04. The minimum Gasteiger partial charge on any atom is -0.198 e. The SMILES string of the molecule is CC1(C)CC1CC(C#N)c1ccccc1. The Morgan fingerprint density at radius 3 is 2.47 bits per heavy atom. The first-order chi connectivity index (χ1) is 7.13. The molecule has 0 spiro atoms. The van der Waals surface area contributed by atoms with E-state index in [2.05, 4.69) is 32.0 Å². The predicted molar refractivity (Wildman–Crippen MR) is 61.3 cm³/mol. The summed E-state index contributed by atoms with van der Waals surface area (Å²) in [4.78, 5) is 0. The van der Waals surface area contributed by atoms with Crippen molar-refractivity contribution in [3.05, 3.63) is 35.9 Å². The second-order valence-corrected chi connectivity index (χ2v) is 5.22. The average Bonchev–Trinajstić information content (AvgIpc) is 2.84. The first-order valence-electron chi connectivity index (χ1n) is 5.58. The molecule has 0 saturated heterocycles. The van der Waals surface area contributed by atoms with Gasteiger partial charge in [0.2, 0.25) is 0 Å². The number of nitrogens with zero attached hydrogens (tertiary/aromatic N) is 1. The van der Waals surface area contributed by atoms with Crippen molar-refractivity contribution >= 4 is 0 Å². The summed E-state index contributed by atoms with van der Waals surface area (Å²) in [5.41, 5.74) is 1.65. The maximum Gasteiger partial charge on any atom is 0.0715 e. The van der Waals surface area contributed by atoms with E-state index in [1.165, 1.54) is 12.0 Å². The summed E-state index contributed by atoms with van der Waals surface area (Å²) in [5.74, 6) is 0.820. The van der Waals surface area contributed by atoms with Gasteiger partial charge in [-0.3, -0.25) is 0 Å². The molecule has 78 valence electrons. The van der Waals surface area contributed by atoms with Crippen LogP contribution in [-0.2, 0) is 0 Å². The van der Waals surface area contributed by atoms with Gasteiger partial charge in [-0.25, -0.2) is 0 Å². The summed E-state index contributed by atoms with van der Waals surface area (Å²) in [6.07, 6.45) is 2.30. The maximum absolute atomic E-state index is 9.18. The van der Waals surface area contributed by atoms with Gasteiger partial charge in [-0.05, 0) is 29.7 Å². The van der Waals surface area contributed by atoms with Crippen LogP contribution in [0.2, 0.25) is 0 Å². The number of benzene rings is 1. The Hall–Kier alpha value is -1.29. The topological polar surface area (TPSA) is 23.8 Å². The smallest absolute Gasteiger partial charge is 0.0715 e. The van der Waals surface area contributed by atoms with Crippen LogP contribution in [0.15, 0.2) is 30.3 Å². The van der Waals surface area contributed by atoms with E-state index in [4.69, 9.17) is 0 Å². The second-order valence-electron chi connectivity index (χ2n) is 5.22. The quantitative estimate of drug-likeness (QED) is 0.727. The van der Waals surface area contributed by atoms with E-state index in [1.54, 1.807) is 0 Å². The highest BCUT2D eigenvalue weighted by atomic mass is 14.5. The Kier molecular flexibility index (Phi) is 2.52. The molecule has 1 aliphatic rings. The third-order valence-corrected chi connectivity index (χ3v) is 3.60. The average molecular weight is 199 g/mol. The molecule has 1 saturated carbocycles. The van der Waals surface area contributed by atoms with E-state index in [9.17, 15) is 5.26 Å². The van der Waals surface area contributed by atoms with Gasteiger partial charge in [0.15, 0.2) is 0 Å². The first kappa shape index (κ1) is 10.2. The van der Waals surface area contributed by atoms with Gasteiger partial charge >= 0.3 is 0 Å². The molecule has 0 radical (unpaired) electrons. The molecule has 2 unspecified atom stereocenters. The van der Waals surface area contributed by atoms with Crippen LogP contribution in [0.1, 0.15) is 38.2 Å². The number of rotatable bonds is 3. The summed E-state index contributed by atoms with van der Waals surface area (Å²) >= 11 is 0. The fourth-order valence-corrected chi connectivity index (χ4v) is 2.21. The van der Waals surface area contributed by atoms with Crippen LogP contribution in [0.5, 0.6) is 0 Å². The Morgan fingerprint density at radius 2 is 2.00 bits per heavy atom. The third kappa shape index (κ3) is 2.21. The molecule has 1 aliphatic carbocycles. The highest BCUT2D eigenvalue weighted by molar-refractivity contribution is 5.25. The van der Waals surface area contributed by atoms with Gasteiger partial charge in [0.1, 0.15) is 0 Å². The van der Waals surface area contributed by atoms with Crippen molar-refractivity contribution < 1.29 is 0 Å². The van der Waals surface area contributed by atoms with E-state index in [0.717, 1.165) is 12.3 Å². The first-order valence-corrected chi connectivity index (χ1v) is 5.58. The minimum atomic E-state index is 0.0815. The van der Waals surface area contributed by atoms with Crippen LogP contribution in [0.25, 0.3) is 0 Å². The van der Waals surface area contributed by atoms with Gasteiger partial charge < -0.3 is 0 Å². The largest absolute Gasteiger partial charge is 0.198 e. The maximum atomic E-state index is 9.18. The standard InChI is InChI=1S/C14H17N/c1-14(2)9-13(14)8-12(10-15)11-6-4-3-5-7-11/h3-7,12-13H,8-9H2,1-2H3. The van der Waals surface area contributed by atoms with Gasteiger partial charge in [0.25, 0.3) is 0 Å². The van der Waals surface area contributed by atoms with Crippen molar-refractivity contribution in [2.24, 2.45) is 11.3 Å². The van der Waals surface area contributed by atoms with Gasteiger partial charge in [0.05, 0.1) is 12.0 Å². The lowest BCUT2D eigenvalue weighted by Gasteiger charge is -2.10. The van der Waals surface area contributed by atoms with E-state index < -0.39 is 0 Å². The minimum absolute atomic E-state index is 0.0815. The molecule has 1 fully saturated rings. The summed E-state index contributed by atoms with van der Waals surface area (Å²) in [5, 5.41) is 9.18. The van der Waals surface area contributed by atoms with Crippen LogP contribution < -0.4 is 0 Å². The normalized spacial score (nSPS) is 24.2. The highest BCUT2D eigenvalue weighted by Crippen LogP contribution is 2.55. The molecule has 2 atom stereocenters. The summed E-state index contributed by atoms with van der Waals surface area (Å²) in [7, 11) is 0. The molecule has 15 heavy (non-hydrogen) atoms. The van der Waals surface area contributed by atoms with Crippen molar-refractivity contribution in [2.45, 2.75) is 32.6 Å². The molecule has 0 heterocycles. The summed E-state index contributed by atoms with van der Waals surface area (Å²) < 4.78 is 0. The van der Waals surface area contributed by atoms with Crippen molar-refractivity contribution in [3.8, 4) is 6.07 Å². The van der Waals surface area contributed by atoms with Crippen LogP contribution in [0.4, 0.5) is 0 Å². The van der Waals surface area contributed by atoms with Crippen LogP contribution in [0, 0.1) is 22.7 Å². The fourth-order valence-electron chi connectivity index (χ4n) is 2.21. The number of hydrogen-bond acceptors (Lipinski definition) is 1. The van der Waals surface area contributed by atoms with Crippen molar-refractivity contribution in [2.75, 3.05) is 0 Å². The summed E-state index contributed by atoms with van der Waals surface area (Å²) in [6.45, 7) is 4.58. The summed E-state index contributed by atoms with van der Waals surface area (Å²) in [6, 6.07) is 12.6. The van der Waals surface area contributed by atoms with E-state index >= 15 is 0 Å². The van der Waals surface area contributed by atoms with Gasteiger partial charge in [0, 0.05) is 0 Å². The monoisotopic (exact) mass is 199 g/mol. The molecule has 1 heteroatoms. The van der Waals surface area contributed by atoms with Crippen LogP contribution in [0.3, 0.4) is 0 Å². The van der Waals surface area contributed by atoms with Crippen molar-refractivity contribution in [1.82, 2.24) is 0 Å². The van der Waals surface area contributed by atoms with Gasteiger partial charge in [-0.2, -0.15) is 5.26 Å². The molecule has 1 aromatic rings. The second kappa shape index (κ2) is 3.70. The predicted octanol–water partition coefficient (Wildman–Crippen LogP) is 3.73. The lowest BCUT2D eigenvalue weighted by Crippen LogP contribution is -2.00. The molecular weight excluding hydrogens is 182 g/mol. The zero-order chi connectivity index (χ0) is 10.9. The fraction of sp³-hybridized carbons (Fsp3) is 0.500. The molecular formula is C14H17N. The van der Waals surface area contributed by atoms with Crippen molar-refractivity contribution in [3.63, 3.8) is 0 Å². The lowest BCUT2D eigenvalue weighted by molar-refractivity contribution is 0.517. The Labute approximate surface area is 91.7 Å². The van der Waals surface area contributed by atoms with Gasteiger partial charge in [-0.15, -0.1) is 0 Å². The molecule has 1 nitrogen and oxygen atoms in total. The highest BCUT2D eigenvalue weighted by Gasteiger charge is 2.46. The third-order valence-electron chi connectivity index (χ3n) is 3.60. The van der Waals surface area contributed by atoms with E-state index in [0.29, 0.717) is 5.41 Å². The van der Waals surface area contributed by atoms with Crippen molar-refractivity contribution in [1.29, 1.82) is 5.26 Å². The van der Waals surface area contributed by atoms with Gasteiger partial charge in [-0.1, -0.05) is 44.2 Å². The number of hydrogen-bond donors (Lipinski definition) is 0. The Morgan fingerprint density at radius 1 is 1.40 bits per heavy atom. The van der Waals surface area contributed by atoms with E-state index in [-0.39, 0.29) is 5.92 Å². The van der Waals surface area contributed by atoms with E-state index in [1.807, 2.05) is 18.2 Å². The zero-order valence-electron chi connectivity index (χ0n) is 9.40. The van der Waals surface area contributed by atoms with Crippen LogP contribution in [-0.4, -0.2) is 0 Å². The Bertz CT molecular complexity index is 372. The molecule has 2 rings (SSSR count). The lowest BCUT2D eigenvalue weighted by atomic mass is 9.92. The molecule has 0 aliphatic heterocycles. The number of nitriles is 1. The molecule has 1 aromatic carbocycles. The van der Waals surface area contributed by atoms with Crippen LogP contribution >= 0.6 is 0 Å². The molecule has 0 aromatic heterocycles. The molecule has 0 N–H and O–H groups in total.